The molecule has 0 saturated carbocycles. The molecule has 0 fully saturated rings. The standard InChI is InChI=1S/2C71H44N2/c1-3-19-45(20-4-1)60-43-62-58-31-15-18-34-66(58)71(64-32-16-13-29-56(64)57-30-14-17-33-65(57)71)67(62)44-70(60)72(49-35-37-55-53-27-10-9-25-51(53)52-26-11-12-28-54(52)61(55)41-49)50-36-38-59-63-39-46-21-7-8-22-47(46)40-68(63)73(69(59)42-50)48-23-5-2-6-24-48;1-3-19-45(20-4-1)61-43-63-58-31-15-18-34-66(58)71(64-32-16-13-29-56(64)57-30-14-17-33-65(57)71)67(63)44-69(61)72(48-36-39-55-53-27-10-9-25-51(53)52-26-11-12-28-54(52)62(55)41-48)49-37-40-59-60-38-35-46-21-7-8-24-50(46)70(60)73(68(59)42-49)47-22-5-2-6-23-47/h2*1-44H. The summed E-state index contributed by atoms with van der Waals surface area (Å²) >= 11 is 0. The first kappa shape index (κ1) is 81.8. The van der Waals surface area contributed by atoms with E-state index >= 15 is 0 Å². The molecule has 2 aromatic heterocycles. The van der Waals surface area contributed by atoms with E-state index in [-0.39, 0.29) is 0 Å². The fourth-order valence-corrected chi connectivity index (χ4v) is 26.7. The summed E-state index contributed by atoms with van der Waals surface area (Å²) in [6, 6.07) is 200. The molecule has 0 saturated heterocycles. The second-order valence-corrected chi connectivity index (χ2v) is 39.8. The van der Waals surface area contributed by atoms with Gasteiger partial charge in [0.25, 0.3) is 0 Å². The van der Waals surface area contributed by atoms with Crippen molar-refractivity contribution in [2.75, 3.05) is 9.80 Å². The van der Waals surface area contributed by atoms with Crippen LogP contribution in [0.2, 0.25) is 0 Å². The Bertz CT molecular complexity index is 10200. The molecule has 0 atom stereocenters. The van der Waals surface area contributed by atoms with Crippen molar-refractivity contribution in [2.24, 2.45) is 0 Å². The van der Waals surface area contributed by atoms with Gasteiger partial charge in [0.05, 0.1) is 44.3 Å². The summed E-state index contributed by atoms with van der Waals surface area (Å²) in [7, 11) is 0. The lowest BCUT2D eigenvalue weighted by atomic mass is 9.70. The zero-order chi connectivity index (χ0) is 95.6. The van der Waals surface area contributed by atoms with Crippen LogP contribution in [0.3, 0.4) is 0 Å². The molecule has 0 amide bonds. The van der Waals surface area contributed by atoms with Crippen molar-refractivity contribution in [3.63, 3.8) is 0 Å². The Kier molecular flexibility index (Phi) is 17.8. The Morgan fingerprint density at radius 2 is 0.418 bits per heavy atom. The second kappa shape index (κ2) is 31.8. The molecule has 2 spiro atoms. The van der Waals surface area contributed by atoms with Crippen LogP contribution in [0, 0.1) is 0 Å². The van der Waals surface area contributed by atoms with Gasteiger partial charge >= 0.3 is 0 Å². The third kappa shape index (κ3) is 11.7. The Balaban J connectivity index is 0.000000133. The zero-order valence-corrected chi connectivity index (χ0v) is 79.6. The minimum absolute atomic E-state index is 0.529. The normalized spacial score (nSPS) is 13.0. The quantitative estimate of drug-likeness (QED) is 0.127. The summed E-state index contributed by atoms with van der Waals surface area (Å²) in [5.74, 6) is 0. The van der Waals surface area contributed by atoms with Gasteiger partial charge in [0.15, 0.2) is 0 Å². The van der Waals surface area contributed by atoms with Gasteiger partial charge in [0.2, 0.25) is 0 Å². The van der Waals surface area contributed by atoms with E-state index in [0.717, 1.165) is 56.5 Å². The Hall–Kier alpha value is -19.0. The van der Waals surface area contributed by atoms with E-state index in [1.165, 1.54) is 230 Å². The topological polar surface area (TPSA) is 16.3 Å². The molecule has 4 heteroatoms. The fraction of sp³-hybridized carbons (Fsp3) is 0.0141. The SMILES string of the molecule is c1ccc(-c2cc3c(cc2N(c2ccc4c5ccccc5c5ccccc5c4c2)c2ccc4c5cc6ccccc6cc5n(-c5ccccc5)c4c2)C2(c4ccccc4-c4ccccc42)c2ccccc2-3)cc1.c1ccc(-c2cc3c(cc2N(c2ccc4c5ccccc5c5ccccc5c4c2)c2ccc4c5ccc6ccccc6c5n(-c5ccccc5)c4c2)C2(c4ccccc4-c4ccccc42)c2ccccc2-3)cc1. The van der Waals surface area contributed by atoms with Crippen molar-refractivity contribution in [3.05, 3.63) is 578 Å². The molecule has 0 bridgehead atoms. The molecule has 4 aliphatic rings. The van der Waals surface area contributed by atoms with E-state index in [1.807, 2.05) is 0 Å². The molecule has 2 heterocycles. The van der Waals surface area contributed by atoms with Gasteiger partial charge in [0, 0.05) is 72.2 Å². The van der Waals surface area contributed by atoms with Crippen molar-refractivity contribution in [1.82, 2.24) is 9.13 Å². The number of benzene rings is 26. The number of para-hydroxylation sites is 2. The predicted molar refractivity (Wildman–Crippen MR) is 614 cm³/mol. The molecule has 4 nitrogen and oxygen atoms in total. The van der Waals surface area contributed by atoms with Gasteiger partial charge in [-0.25, -0.2) is 0 Å². The minimum atomic E-state index is -0.530. The van der Waals surface area contributed by atoms with Crippen LogP contribution in [0.4, 0.5) is 34.1 Å². The average molecular weight is 1850 g/mol. The Morgan fingerprint density at radius 3 is 0.815 bits per heavy atom. The first-order chi connectivity index (χ1) is 72.5. The summed E-state index contributed by atoms with van der Waals surface area (Å²) in [6.07, 6.45) is 0. The molecular formula is C142H88N4. The highest BCUT2D eigenvalue weighted by atomic mass is 15.2. The maximum Gasteiger partial charge on any atom is 0.0726 e. The van der Waals surface area contributed by atoms with Gasteiger partial charge in [-0.2, -0.15) is 0 Å². The van der Waals surface area contributed by atoms with Crippen molar-refractivity contribution >= 4 is 164 Å². The molecule has 0 N–H and O–H groups in total. The third-order valence-corrected chi connectivity index (χ3v) is 32.6. The summed E-state index contributed by atoms with van der Waals surface area (Å²) in [5, 5.41) is 24.9. The summed E-state index contributed by atoms with van der Waals surface area (Å²) in [4.78, 5) is 5.14. The summed E-state index contributed by atoms with van der Waals surface area (Å²) in [5.41, 5.74) is 38.1. The Morgan fingerprint density at radius 1 is 0.144 bits per heavy atom. The first-order valence-corrected chi connectivity index (χ1v) is 50.8. The highest BCUT2D eigenvalue weighted by Crippen LogP contribution is 2.67. The number of fused-ring (bicyclic) bond motifs is 41. The van der Waals surface area contributed by atoms with Crippen LogP contribution in [0.15, 0.2) is 534 Å². The van der Waals surface area contributed by atoms with Crippen LogP contribution in [0.1, 0.15) is 44.5 Å². The van der Waals surface area contributed by atoms with E-state index in [4.69, 9.17) is 0 Å². The number of anilines is 6. The molecule has 32 rings (SSSR count). The largest absolute Gasteiger partial charge is 0.310 e. The maximum absolute atomic E-state index is 2.57. The van der Waals surface area contributed by atoms with Gasteiger partial charge in [-0.3, -0.25) is 0 Å². The van der Waals surface area contributed by atoms with Crippen molar-refractivity contribution in [1.29, 1.82) is 0 Å². The monoisotopic (exact) mass is 1850 g/mol. The van der Waals surface area contributed by atoms with Gasteiger partial charge in [-0.15, -0.1) is 0 Å². The smallest absolute Gasteiger partial charge is 0.0726 e. The summed E-state index contributed by atoms with van der Waals surface area (Å²) < 4.78 is 4.96. The molecule has 28 aromatic rings. The second-order valence-electron chi connectivity index (χ2n) is 39.8. The molecule has 0 unspecified atom stereocenters. The van der Waals surface area contributed by atoms with Crippen molar-refractivity contribution < 1.29 is 0 Å². The number of nitrogens with zero attached hydrogens (tertiary/aromatic N) is 4. The van der Waals surface area contributed by atoms with E-state index in [9.17, 15) is 0 Å². The highest BCUT2D eigenvalue weighted by Gasteiger charge is 2.54. The Labute approximate surface area is 844 Å². The van der Waals surface area contributed by atoms with E-state index in [2.05, 4.69) is 553 Å². The van der Waals surface area contributed by atoms with Crippen LogP contribution >= 0.6 is 0 Å². The van der Waals surface area contributed by atoms with Crippen molar-refractivity contribution in [3.8, 4) is 78.1 Å². The van der Waals surface area contributed by atoms with Crippen molar-refractivity contribution in [2.45, 2.75) is 10.8 Å². The van der Waals surface area contributed by atoms with Gasteiger partial charge in [-0.05, 0) is 290 Å². The van der Waals surface area contributed by atoms with Crippen LogP contribution in [-0.4, -0.2) is 9.13 Å². The lowest BCUT2D eigenvalue weighted by molar-refractivity contribution is 0.794. The minimum Gasteiger partial charge on any atom is -0.310 e. The number of hydrogen-bond donors (Lipinski definition) is 0. The number of hydrogen-bond acceptors (Lipinski definition) is 2. The zero-order valence-electron chi connectivity index (χ0n) is 79.6. The first-order valence-electron chi connectivity index (χ1n) is 50.8. The predicted octanol–water partition coefficient (Wildman–Crippen LogP) is 37.8. The van der Waals surface area contributed by atoms with Crippen LogP contribution < -0.4 is 9.80 Å². The maximum atomic E-state index is 2.57. The molecule has 676 valence electrons. The van der Waals surface area contributed by atoms with Crippen LogP contribution in [-0.2, 0) is 10.8 Å². The van der Waals surface area contributed by atoms with E-state index < -0.39 is 10.8 Å². The molecule has 4 aliphatic carbocycles. The molecule has 0 radical (unpaired) electrons. The van der Waals surface area contributed by atoms with Gasteiger partial charge in [-0.1, -0.05) is 425 Å². The molecule has 26 aromatic carbocycles. The fourth-order valence-electron chi connectivity index (χ4n) is 26.7. The summed E-state index contributed by atoms with van der Waals surface area (Å²) in [6.45, 7) is 0. The molecule has 146 heavy (non-hydrogen) atoms. The van der Waals surface area contributed by atoms with Gasteiger partial charge < -0.3 is 18.9 Å². The molecule has 0 aliphatic heterocycles. The number of rotatable bonds is 10. The lowest BCUT2D eigenvalue weighted by Gasteiger charge is -2.33. The van der Waals surface area contributed by atoms with E-state index in [1.54, 1.807) is 0 Å². The van der Waals surface area contributed by atoms with Gasteiger partial charge in [0.1, 0.15) is 0 Å². The average Bonchev–Trinajstić information content (AvgIpc) is 1.51. The number of aromatic nitrogens is 2. The van der Waals surface area contributed by atoms with Crippen LogP contribution in [0.5, 0.6) is 0 Å². The van der Waals surface area contributed by atoms with E-state index in [0.29, 0.717) is 0 Å². The van der Waals surface area contributed by atoms with Crippen LogP contribution in [0.25, 0.3) is 208 Å². The highest BCUT2D eigenvalue weighted by molar-refractivity contribution is 6.28. The third-order valence-electron chi connectivity index (χ3n) is 32.6. The molecular weight excluding hydrogens is 1760 g/mol. The lowest BCUT2D eigenvalue weighted by Crippen LogP contribution is -2.26.